The van der Waals surface area contributed by atoms with Crippen LogP contribution in [-0.2, 0) is 11.3 Å². The predicted molar refractivity (Wildman–Crippen MR) is 54.9 cm³/mol. The van der Waals surface area contributed by atoms with E-state index >= 15 is 0 Å². The molecule has 0 radical (unpaired) electrons. The Morgan fingerprint density at radius 1 is 1.62 bits per heavy atom. The minimum atomic E-state index is 0.229. The SMILES string of the molecule is O=CNCc1nc(Cl)c(Cl)cc1Br. The quantitative estimate of drug-likeness (QED) is 0.684. The number of nitrogens with one attached hydrogen (secondary N) is 1. The molecule has 1 heterocycles. The number of pyridine rings is 1. The Bertz CT molecular complexity index is 333. The summed E-state index contributed by atoms with van der Waals surface area (Å²) in [6, 6.07) is 1.64. The van der Waals surface area contributed by atoms with Crippen LogP contribution in [0.2, 0.25) is 10.2 Å². The Balaban J connectivity index is 2.94. The Kier molecular flexibility index (Phi) is 3.96. The topological polar surface area (TPSA) is 42.0 Å². The van der Waals surface area contributed by atoms with Gasteiger partial charge in [0.2, 0.25) is 6.41 Å². The summed E-state index contributed by atoms with van der Waals surface area (Å²) < 4.78 is 0.719. The maximum atomic E-state index is 10.0. The molecule has 70 valence electrons. The van der Waals surface area contributed by atoms with E-state index in [1.807, 2.05) is 0 Å². The van der Waals surface area contributed by atoms with Gasteiger partial charge in [0.25, 0.3) is 0 Å². The summed E-state index contributed by atoms with van der Waals surface area (Å²) >= 11 is 14.6. The third kappa shape index (κ3) is 2.83. The van der Waals surface area contributed by atoms with Gasteiger partial charge in [-0.2, -0.15) is 0 Å². The fraction of sp³-hybridized carbons (Fsp3) is 0.143. The molecule has 0 saturated carbocycles. The van der Waals surface area contributed by atoms with E-state index in [1.165, 1.54) is 0 Å². The number of hydrogen-bond donors (Lipinski definition) is 1. The lowest BCUT2D eigenvalue weighted by atomic mass is 10.3. The van der Waals surface area contributed by atoms with Crippen molar-refractivity contribution in [3.8, 4) is 0 Å². The van der Waals surface area contributed by atoms with E-state index in [2.05, 4.69) is 26.2 Å². The number of carbonyl (C=O) groups is 1. The molecule has 0 fully saturated rings. The Hall–Kier alpha value is -0.320. The van der Waals surface area contributed by atoms with Gasteiger partial charge in [0.1, 0.15) is 5.15 Å². The van der Waals surface area contributed by atoms with Gasteiger partial charge < -0.3 is 5.32 Å². The second kappa shape index (κ2) is 4.79. The van der Waals surface area contributed by atoms with Gasteiger partial charge in [0, 0.05) is 4.47 Å². The molecule has 3 nitrogen and oxygen atoms in total. The third-order valence-electron chi connectivity index (χ3n) is 1.31. The molecule has 1 amide bonds. The van der Waals surface area contributed by atoms with E-state index in [1.54, 1.807) is 6.07 Å². The van der Waals surface area contributed by atoms with Crippen molar-refractivity contribution in [3.05, 3.63) is 26.4 Å². The van der Waals surface area contributed by atoms with Gasteiger partial charge in [-0.15, -0.1) is 0 Å². The first-order valence-corrected chi connectivity index (χ1v) is 4.87. The van der Waals surface area contributed by atoms with Crippen molar-refractivity contribution in [2.45, 2.75) is 6.54 Å². The summed E-state index contributed by atoms with van der Waals surface area (Å²) in [6.07, 6.45) is 0.594. The van der Waals surface area contributed by atoms with Gasteiger partial charge in [0.15, 0.2) is 0 Å². The molecule has 1 aromatic heterocycles. The fourth-order valence-corrected chi connectivity index (χ4v) is 1.64. The molecule has 1 aromatic rings. The first-order valence-electron chi connectivity index (χ1n) is 3.32. The van der Waals surface area contributed by atoms with Gasteiger partial charge in [0.05, 0.1) is 17.3 Å². The molecule has 0 bridgehead atoms. The van der Waals surface area contributed by atoms with Crippen molar-refractivity contribution in [2.24, 2.45) is 0 Å². The molecule has 0 spiro atoms. The molecule has 0 aliphatic carbocycles. The fourth-order valence-electron chi connectivity index (χ4n) is 0.742. The highest BCUT2D eigenvalue weighted by molar-refractivity contribution is 9.10. The van der Waals surface area contributed by atoms with Crippen LogP contribution in [0.25, 0.3) is 0 Å². The molecule has 0 aliphatic rings. The summed E-state index contributed by atoms with van der Waals surface area (Å²) in [5.74, 6) is 0. The predicted octanol–water partition coefficient (Wildman–Crippen LogP) is 2.40. The van der Waals surface area contributed by atoms with Crippen LogP contribution in [0.5, 0.6) is 0 Å². The number of halogens is 3. The third-order valence-corrected chi connectivity index (χ3v) is 2.67. The normalized spacial score (nSPS) is 9.77. The Morgan fingerprint density at radius 3 is 2.92 bits per heavy atom. The average Bonchev–Trinajstić information content (AvgIpc) is 2.09. The smallest absolute Gasteiger partial charge is 0.207 e. The molecule has 0 aromatic carbocycles. The molecular formula is C7H5BrCl2N2O. The van der Waals surface area contributed by atoms with Crippen LogP contribution < -0.4 is 5.32 Å². The summed E-state index contributed by atoms with van der Waals surface area (Å²) in [5, 5.41) is 3.08. The zero-order valence-electron chi connectivity index (χ0n) is 6.35. The lowest BCUT2D eigenvalue weighted by Gasteiger charge is -2.04. The van der Waals surface area contributed by atoms with E-state index in [0.717, 1.165) is 4.47 Å². The van der Waals surface area contributed by atoms with Crippen molar-refractivity contribution in [1.82, 2.24) is 10.3 Å². The minimum Gasteiger partial charge on any atom is -0.353 e. The van der Waals surface area contributed by atoms with Crippen molar-refractivity contribution >= 4 is 45.5 Å². The van der Waals surface area contributed by atoms with Crippen LogP contribution in [0.15, 0.2) is 10.5 Å². The number of carbonyl (C=O) groups excluding carboxylic acids is 1. The van der Waals surface area contributed by atoms with E-state index in [4.69, 9.17) is 23.2 Å². The molecule has 6 heteroatoms. The number of amides is 1. The van der Waals surface area contributed by atoms with Gasteiger partial charge in [-0.3, -0.25) is 4.79 Å². The maximum Gasteiger partial charge on any atom is 0.207 e. The lowest BCUT2D eigenvalue weighted by molar-refractivity contribution is -0.109. The molecule has 13 heavy (non-hydrogen) atoms. The van der Waals surface area contributed by atoms with E-state index in [9.17, 15) is 4.79 Å². The highest BCUT2D eigenvalue weighted by Gasteiger charge is 2.06. The van der Waals surface area contributed by atoms with Crippen LogP contribution in [0.3, 0.4) is 0 Å². The Labute approximate surface area is 93.6 Å². The first kappa shape index (κ1) is 10.8. The van der Waals surface area contributed by atoms with Gasteiger partial charge in [-0.05, 0) is 22.0 Å². The molecule has 0 aliphatic heterocycles. The van der Waals surface area contributed by atoms with Crippen LogP contribution >= 0.6 is 39.1 Å². The molecule has 0 atom stereocenters. The summed E-state index contributed by atoms with van der Waals surface area (Å²) in [7, 11) is 0. The van der Waals surface area contributed by atoms with E-state index in [0.29, 0.717) is 23.7 Å². The monoisotopic (exact) mass is 282 g/mol. The van der Waals surface area contributed by atoms with E-state index < -0.39 is 0 Å². The minimum absolute atomic E-state index is 0.229. The van der Waals surface area contributed by atoms with Crippen LogP contribution in [0.4, 0.5) is 0 Å². The lowest BCUT2D eigenvalue weighted by Crippen LogP contribution is -2.11. The van der Waals surface area contributed by atoms with E-state index in [-0.39, 0.29) is 5.15 Å². The van der Waals surface area contributed by atoms with Gasteiger partial charge >= 0.3 is 0 Å². The molecule has 1 rings (SSSR count). The molecule has 0 saturated heterocycles. The second-order valence-electron chi connectivity index (χ2n) is 2.19. The van der Waals surface area contributed by atoms with Gasteiger partial charge in [-0.25, -0.2) is 4.98 Å². The van der Waals surface area contributed by atoms with Crippen molar-refractivity contribution in [2.75, 3.05) is 0 Å². The highest BCUT2D eigenvalue weighted by Crippen LogP contribution is 2.25. The number of nitrogens with zero attached hydrogens (tertiary/aromatic N) is 1. The summed E-state index contributed by atoms with van der Waals surface area (Å²) in [6.45, 7) is 0.320. The largest absolute Gasteiger partial charge is 0.353 e. The second-order valence-corrected chi connectivity index (χ2v) is 3.81. The van der Waals surface area contributed by atoms with Crippen molar-refractivity contribution in [3.63, 3.8) is 0 Å². The average molecular weight is 284 g/mol. The summed E-state index contributed by atoms with van der Waals surface area (Å²) in [5.41, 5.74) is 0.640. The number of hydrogen-bond acceptors (Lipinski definition) is 2. The zero-order valence-corrected chi connectivity index (χ0v) is 9.45. The van der Waals surface area contributed by atoms with Crippen LogP contribution in [0.1, 0.15) is 5.69 Å². The van der Waals surface area contributed by atoms with Crippen LogP contribution in [-0.4, -0.2) is 11.4 Å². The number of rotatable bonds is 3. The maximum absolute atomic E-state index is 10.0. The number of aromatic nitrogens is 1. The standard InChI is InChI=1S/C7H5BrCl2N2O/c8-4-1-5(9)7(10)12-6(4)2-11-3-13/h1,3H,2H2,(H,11,13). The molecule has 0 unspecified atom stereocenters. The first-order chi connectivity index (χ1) is 6.15. The van der Waals surface area contributed by atoms with Crippen molar-refractivity contribution in [1.29, 1.82) is 0 Å². The van der Waals surface area contributed by atoms with Crippen LogP contribution in [0, 0.1) is 0 Å². The molecule has 1 N–H and O–H groups in total. The highest BCUT2D eigenvalue weighted by atomic mass is 79.9. The summed E-state index contributed by atoms with van der Waals surface area (Å²) in [4.78, 5) is 14.0. The molecular weight excluding hydrogens is 279 g/mol. The van der Waals surface area contributed by atoms with Crippen molar-refractivity contribution < 1.29 is 4.79 Å². The Morgan fingerprint density at radius 2 is 2.31 bits per heavy atom. The zero-order chi connectivity index (χ0) is 9.84. The van der Waals surface area contributed by atoms with Gasteiger partial charge in [-0.1, -0.05) is 23.2 Å².